The van der Waals surface area contributed by atoms with Gasteiger partial charge in [0.25, 0.3) is 10.2 Å². The third kappa shape index (κ3) is 2.99. The van der Waals surface area contributed by atoms with Gasteiger partial charge >= 0.3 is 5.97 Å². The van der Waals surface area contributed by atoms with Gasteiger partial charge in [0.05, 0.1) is 0 Å². The molecule has 1 atom stereocenters. The van der Waals surface area contributed by atoms with E-state index in [2.05, 4.69) is 0 Å². The summed E-state index contributed by atoms with van der Waals surface area (Å²) >= 11 is 0. The maximum Gasteiger partial charge on any atom is 0.322 e. The Morgan fingerprint density at radius 1 is 1.20 bits per heavy atom. The summed E-state index contributed by atoms with van der Waals surface area (Å²) in [5.41, 5.74) is 0. The van der Waals surface area contributed by atoms with Crippen LogP contribution >= 0.6 is 0 Å². The Kier molecular flexibility index (Phi) is 5.04. The Balaban J connectivity index is 2.23. The number of rotatable bonds is 5. The Morgan fingerprint density at radius 3 is 2.35 bits per heavy atom. The molecule has 0 radical (unpaired) electrons. The zero-order valence-corrected chi connectivity index (χ0v) is 12.8. The van der Waals surface area contributed by atoms with Crippen molar-refractivity contribution in [3.8, 4) is 0 Å². The summed E-state index contributed by atoms with van der Waals surface area (Å²) in [4.78, 5) is 11.3. The van der Waals surface area contributed by atoms with Crippen LogP contribution in [0.2, 0.25) is 0 Å². The molecule has 20 heavy (non-hydrogen) atoms. The average molecular weight is 304 g/mol. The molecule has 0 aromatic rings. The lowest BCUT2D eigenvalue weighted by atomic mass is 10.1. The molecular formula is C13H24N2O4S. The van der Waals surface area contributed by atoms with Gasteiger partial charge in [0, 0.05) is 19.1 Å². The van der Waals surface area contributed by atoms with Gasteiger partial charge in [-0.25, -0.2) is 0 Å². The van der Waals surface area contributed by atoms with E-state index in [0.29, 0.717) is 19.5 Å². The fourth-order valence-corrected chi connectivity index (χ4v) is 5.42. The van der Waals surface area contributed by atoms with Crippen LogP contribution in [0, 0.1) is 0 Å². The first kappa shape index (κ1) is 15.7. The summed E-state index contributed by atoms with van der Waals surface area (Å²) in [6.07, 6.45) is 5.82. The van der Waals surface area contributed by atoms with Crippen LogP contribution in [0.4, 0.5) is 0 Å². The third-order valence-electron chi connectivity index (χ3n) is 4.38. The largest absolute Gasteiger partial charge is 0.480 e. The van der Waals surface area contributed by atoms with E-state index in [1.165, 1.54) is 8.61 Å². The quantitative estimate of drug-likeness (QED) is 0.833. The summed E-state index contributed by atoms with van der Waals surface area (Å²) in [6, 6.07) is -0.856. The number of carbonyl (C=O) groups is 1. The maximum absolute atomic E-state index is 12.8. The minimum absolute atomic E-state index is 0.0429. The molecule has 1 N–H and O–H groups in total. The van der Waals surface area contributed by atoms with Gasteiger partial charge in [-0.15, -0.1) is 0 Å². The minimum Gasteiger partial charge on any atom is -0.480 e. The van der Waals surface area contributed by atoms with Crippen LogP contribution in [0.1, 0.15) is 51.9 Å². The molecule has 1 aliphatic heterocycles. The molecule has 2 rings (SSSR count). The Morgan fingerprint density at radius 2 is 1.80 bits per heavy atom. The zero-order chi connectivity index (χ0) is 14.8. The number of hydrogen-bond acceptors (Lipinski definition) is 3. The molecule has 7 heteroatoms. The highest BCUT2D eigenvalue weighted by atomic mass is 32.2. The molecule has 1 saturated carbocycles. The Hall–Kier alpha value is -0.660. The van der Waals surface area contributed by atoms with E-state index in [4.69, 9.17) is 0 Å². The number of carboxylic acids is 1. The van der Waals surface area contributed by atoms with Crippen molar-refractivity contribution in [3.63, 3.8) is 0 Å². The number of hydrogen-bond donors (Lipinski definition) is 1. The first-order chi connectivity index (χ1) is 9.48. The molecule has 0 bridgehead atoms. The van der Waals surface area contributed by atoms with Gasteiger partial charge in [0.1, 0.15) is 6.04 Å². The molecular weight excluding hydrogens is 280 g/mol. The lowest BCUT2D eigenvalue weighted by Crippen LogP contribution is -2.55. The van der Waals surface area contributed by atoms with Crippen molar-refractivity contribution in [2.24, 2.45) is 0 Å². The second kappa shape index (κ2) is 6.41. The lowest BCUT2D eigenvalue weighted by molar-refractivity contribution is -0.142. The molecule has 1 unspecified atom stereocenters. The molecule has 0 aromatic carbocycles. The summed E-state index contributed by atoms with van der Waals surface area (Å²) in [6.45, 7) is 2.56. The number of carboxylic acid groups (broad SMARTS) is 1. The average Bonchev–Trinajstić information content (AvgIpc) is 2.93. The van der Waals surface area contributed by atoms with Crippen molar-refractivity contribution in [3.05, 3.63) is 0 Å². The smallest absolute Gasteiger partial charge is 0.322 e. The molecule has 116 valence electrons. The van der Waals surface area contributed by atoms with Gasteiger partial charge in [-0.2, -0.15) is 17.0 Å². The lowest BCUT2D eigenvalue weighted by Gasteiger charge is -2.37. The normalized spacial score (nSPS) is 26.2. The fraction of sp³-hybridized carbons (Fsp3) is 0.923. The topological polar surface area (TPSA) is 77.9 Å². The van der Waals surface area contributed by atoms with Gasteiger partial charge in [-0.3, -0.25) is 4.79 Å². The van der Waals surface area contributed by atoms with Gasteiger partial charge < -0.3 is 5.11 Å². The van der Waals surface area contributed by atoms with Crippen molar-refractivity contribution >= 4 is 16.2 Å². The van der Waals surface area contributed by atoms with Crippen LogP contribution < -0.4 is 0 Å². The van der Waals surface area contributed by atoms with Crippen LogP contribution in [-0.2, 0) is 15.0 Å². The third-order valence-corrected chi connectivity index (χ3v) is 6.55. The Bertz CT molecular complexity index is 445. The van der Waals surface area contributed by atoms with Crippen molar-refractivity contribution in [2.45, 2.75) is 64.0 Å². The van der Waals surface area contributed by atoms with Gasteiger partial charge in [-0.1, -0.05) is 19.8 Å². The highest BCUT2D eigenvalue weighted by Crippen LogP contribution is 2.29. The van der Waals surface area contributed by atoms with Gasteiger partial charge in [0.15, 0.2) is 0 Å². The van der Waals surface area contributed by atoms with Gasteiger partial charge in [-0.05, 0) is 32.1 Å². The monoisotopic (exact) mass is 304 g/mol. The van der Waals surface area contributed by atoms with Crippen molar-refractivity contribution in [1.82, 2.24) is 8.61 Å². The Labute approximate surface area is 120 Å². The van der Waals surface area contributed by atoms with Gasteiger partial charge in [0.2, 0.25) is 0 Å². The molecule has 0 aromatic heterocycles. The van der Waals surface area contributed by atoms with E-state index in [0.717, 1.165) is 38.5 Å². The van der Waals surface area contributed by atoms with Crippen LogP contribution in [0.3, 0.4) is 0 Å². The second-order valence-corrected chi connectivity index (χ2v) is 7.44. The molecule has 1 saturated heterocycles. The predicted octanol–water partition coefficient (Wildman–Crippen LogP) is 1.43. The maximum atomic E-state index is 12.8. The number of piperidine rings is 1. The van der Waals surface area contributed by atoms with Crippen LogP contribution in [-0.4, -0.2) is 53.3 Å². The van der Waals surface area contributed by atoms with Crippen LogP contribution in [0.5, 0.6) is 0 Å². The highest BCUT2D eigenvalue weighted by molar-refractivity contribution is 7.86. The molecule has 2 fully saturated rings. The summed E-state index contributed by atoms with van der Waals surface area (Å²) in [5.74, 6) is -1.03. The second-order valence-electron chi connectivity index (χ2n) is 5.61. The molecule has 1 heterocycles. The van der Waals surface area contributed by atoms with Crippen molar-refractivity contribution in [2.75, 3.05) is 13.1 Å². The summed E-state index contributed by atoms with van der Waals surface area (Å²) < 4.78 is 28.3. The predicted molar refractivity (Wildman–Crippen MR) is 75.5 cm³/mol. The van der Waals surface area contributed by atoms with Crippen LogP contribution in [0.15, 0.2) is 0 Å². The summed E-state index contributed by atoms with van der Waals surface area (Å²) in [5, 5.41) is 9.27. The highest BCUT2D eigenvalue weighted by Gasteiger charge is 2.42. The molecule has 1 aliphatic carbocycles. The number of aliphatic carboxylic acids is 1. The van der Waals surface area contributed by atoms with E-state index in [9.17, 15) is 18.3 Å². The fourth-order valence-electron chi connectivity index (χ4n) is 3.36. The van der Waals surface area contributed by atoms with E-state index >= 15 is 0 Å². The van der Waals surface area contributed by atoms with Crippen molar-refractivity contribution in [1.29, 1.82) is 0 Å². The molecule has 6 nitrogen and oxygen atoms in total. The number of nitrogens with zero attached hydrogens (tertiary/aromatic N) is 2. The first-order valence-corrected chi connectivity index (χ1v) is 8.89. The first-order valence-electron chi connectivity index (χ1n) is 7.50. The van der Waals surface area contributed by atoms with E-state index in [1.54, 1.807) is 0 Å². The van der Waals surface area contributed by atoms with E-state index in [-0.39, 0.29) is 6.04 Å². The van der Waals surface area contributed by atoms with E-state index in [1.807, 2.05) is 6.92 Å². The molecule has 0 spiro atoms. The molecule has 0 amide bonds. The standard InChI is InChI=1S/C13H24N2O4S/c1-2-14(11-7-3-4-8-11)20(18,19)15-10-6-5-9-12(15)13(16)17/h11-12H,2-10H2,1H3,(H,16,17). The minimum atomic E-state index is -3.67. The molecule has 2 aliphatic rings. The van der Waals surface area contributed by atoms with Crippen LogP contribution in [0.25, 0.3) is 0 Å². The summed E-state index contributed by atoms with van der Waals surface area (Å²) in [7, 11) is -3.67. The van der Waals surface area contributed by atoms with Crippen molar-refractivity contribution < 1.29 is 18.3 Å². The van der Waals surface area contributed by atoms with E-state index < -0.39 is 22.2 Å². The SMILES string of the molecule is CCN(C1CCCC1)S(=O)(=O)N1CCCCC1C(=O)O. The zero-order valence-electron chi connectivity index (χ0n) is 12.0.